The molecule has 5 aromatic rings. The number of carbonyl (C=O) groups excluding carboxylic acids is 1. The Kier molecular flexibility index (Phi) is 5.08. The Bertz CT molecular complexity index is 1490. The van der Waals surface area contributed by atoms with Crippen LogP contribution in [0.1, 0.15) is 27.3 Å². The van der Waals surface area contributed by atoms with Crippen LogP contribution in [0.3, 0.4) is 0 Å². The predicted octanol–water partition coefficient (Wildman–Crippen LogP) is 3.75. The fourth-order valence-corrected chi connectivity index (χ4v) is 5.18. The summed E-state index contributed by atoms with van der Waals surface area (Å²) in [6.45, 7) is 0.420. The molecule has 32 heavy (non-hydrogen) atoms. The van der Waals surface area contributed by atoms with Crippen molar-refractivity contribution in [2.45, 2.75) is 12.8 Å². The molecule has 160 valence electrons. The highest BCUT2D eigenvalue weighted by atomic mass is 32.1. The molecule has 0 saturated heterocycles. The van der Waals surface area contributed by atoms with Gasteiger partial charge in [-0.15, -0.1) is 22.7 Å². The first-order valence-electron chi connectivity index (χ1n) is 9.72. The van der Waals surface area contributed by atoms with Gasteiger partial charge in [-0.3, -0.25) is 9.20 Å². The molecule has 0 aliphatic heterocycles. The summed E-state index contributed by atoms with van der Waals surface area (Å²) in [5.74, 6) is -0.316. The average molecular weight is 466 g/mol. The first-order valence-corrected chi connectivity index (χ1v) is 11.4. The number of hydrogen-bond acceptors (Lipinski definition) is 7. The molecule has 0 fully saturated rings. The molecule has 11 heteroatoms. The Labute approximate surface area is 189 Å². The maximum Gasteiger partial charge on any atom is 0.261 e. The number of carbonyl (C=O) groups is 1. The zero-order valence-electron chi connectivity index (χ0n) is 16.6. The number of thiophene rings is 1. The van der Waals surface area contributed by atoms with Crippen molar-refractivity contribution in [3.63, 3.8) is 0 Å². The number of nitrogens with two attached hydrogens (primary N) is 1. The maximum absolute atomic E-state index is 13.2. The van der Waals surface area contributed by atoms with Gasteiger partial charge in [0.2, 0.25) is 0 Å². The van der Waals surface area contributed by atoms with Crippen LogP contribution >= 0.6 is 22.7 Å². The number of thiazole rings is 1. The molecule has 4 heterocycles. The van der Waals surface area contributed by atoms with Gasteiger partial charge in [-0.05, 0) is 43.2 Å². The minimum atomic E-state index is -0.366. The van der Waals surface area contributed by atoms with E-state index >= 15 is 0 Å². The van der Waals surface area contributed by atoms with Gasteiger partial charge >= 0.3 is 0 Å². The van der Waals surface area contributed by atoms with Crippen molar-refractivity contribution < 1.29 is 9.18 Å². The van der Waals surface area contributed by atoms with Crippen molar-refractivity contribution in [2.24, 2.45) is 0 Å². The number of nitrogens with zero attached hydrogens (tertiary/aromatic N) is 5. The molecular formula is C21H16FN7OS2. The Morgan fingerprint density at radius 1 is 1.31 bits per heavy atom. The number of anilines is 1. The molecule has 5 rings (SSSR count). The highest BCUT2D eigenvalue weighted by Crippen LogP contribution is 2.28. The molecule has 4 aromatic heterocycles. The van der Waals surface area contributed by atoms with Crippen LogP contribution in [0.15, 0.2) is 41.9 Å². The second-order valence-electron chi connectivity index (χ2n) is 7.03. The minimum Gasteiger partial charge on any atom is -0.382 e. The summed E-state index contributed by atoms with van der Waals surface area (Å²) >= 11 is 2.91. The minimum absolute atomic E-state index is 0.158. The number of halogens is 1. The van der Waals surface area contributed by atoms with Crippen LogP contribution in [0.5, 0.6) is 0 Å². The molecular weight excluding hydrogens is 449 g/mol. The van der Waals surface area contributed by atoms with Gasteiger partial charge < -0.3 is 11.1 Å². The fraction of sp³-hybridized carbons (Fsp3) is 0.143. The van der Waals surface area contributed by atoms with Gasteiger partial charge in [0.15, 0.2) is 4.96 Å². The van der Waals surface area contributed by atoms with Gasteiger partial charge in [-0.1, -0.05) is 0 Å². The van der Waals surface area contributed by atoms with Crippen molar-refractivity contribution >= 4 is 49.7 Å². The second kappa shape index (κ2) is 8.07. The molecule has 1 aromatic carbocycles. The summed E-state index contributed by atoms with van der Waals surface area (Å²) in [5, 5.41) is 18.8. The maximum atomic E-state index is 13.2. The number of hydrogen-bond donors (Lipinski definition) is 2. The van der Waals surface area contributed by atoms with E-state index in [1.165, 1.54) is 28.2 Å². The summed E-state index contributed by atoms with van der Waals surface area (Å²) < 4.78 is 16.6. The van der Waals surface area contributed by atoms with Crippen molar-refractivity contribution in [3.8, 4) is 11.8 Å². The van der Waals surface area contributed by atoms with Gasteiger partial charge in [-0.2, -0.15) is 10.4 Å². The SMILES string of the molecule is N#Cc1c(CCCNC(=O)c2cc3c(nc4sccn43)s2)nn(-c2ccc(F)cc2)c1N. The van der Waals surface area contributed by atoms with Gasteiger partial charge in [0.1, 0.15) is 28.1 Å². The smallest absolute Gasteiger partial charge is 0.261 e. The molecule has 0 bridgehead atoms. The summed E-state index contributed by atoms with van der Waals surface area (Å²) in [6, 6.07) is 9.65. The second-order valence-corrected chi connectivity index (χ2v) is 8.94. The Morgan fingerprint density at radius 3 is 2.91 bits per heavy atom. The van der Waals surface area contributed by atoms with Crippen LogP contribution in [-0.2, 0) is 6.42 Å². The normalized spacial score (nSPS) is 11.2. The lowest BCUT2D eigenvalue weighted by molar-refractivity contribution is 0.0957. The molecule has 1 amide bonds. The lowest BCUT2D eigenvalue weighted by Gasteiger charge is -2.03. The van der Waals surface area contributed by atoms with E-state index in [2.05, 4.69) is 21.5 Å². The molecule has 0 saturated carbocycles. The highest BCUT2D eigenvalue weighted by molar-refractivity contribution is 7.21. The van der Waals surface area contributed by atoms with Gasteiger partial charge in [0, 0.05) is 18.1 Å². The van der Waals surface area contributed by atoms with E-state index in [1.54, 1.807) is 23.5 Å². The van der Waals surface area contributed by atoms with E-state index in [1.807, 2.05) is 22.0 Å². The van der Waals surface area contributed by atoms with Gasteiger partial charge in [0.05, 0.1) is 21.8 Å². The van der Waals surface area contributed by atoms with Crippen LogP contribution in [0.4, 0.5) is 10.2 Å². The Hall–Kier alpha value is -3.75. The highest BCUT2D eigenvalue weighted by Gasteiger charge is 2.17. The summed E-state index contributed by atoms with van der Waals surface area (Å²) in [6.07, 6.45) is 2.98. The summed E-state index contributed by atoms with van der Waals surface area (Å²) in [4.78, 5) is 19.4. The molecule has 0 unspecified atom stereocenters. The molecule has 0 atom stereocenters. The van der Waals surface area contributed by atoms with E-state index in [4.69, 9.17) is 5.73 Å². The number of imidazole rings is 1. The lowest BCUT2D eigenvalue weighted by Crippen LogP contribution is -2.24. The third-order valence-electron chi connectivity index (χ3n) is 5.02. The van der Waals surface area contributed by atoms with Gasteiger partial charge in [-0.25, -0.2) is 14.1 Å². The molecule has 8 nitrogen and oxygen atoms in total. The van der Waals surface area contributed by atoms with Crippen molar-refractivity contribution in [1.82, 2.24) is 24.5 Å². The number of rotatable bonds is 6. The Morgan fingerprint density at radius 2 is 2.12 bits per heavy atom. The third-order valence-corrected chi connectivity index (χ3v) is 6.79. The third kappa shape index (κ3) is 3.49. The largest absolute Gasteiger partial charge is 0.382 e. The molecule has 0 spiro atoms. The van der Waals surface area contributed by atoms with E-state index in [-0.39, 0.29) is 17.5 Å². The van der Waals surface area contributed by atoms with Crippen LogP contribution in [0, 0.1) is 17.1 Å². The van der Waals surface area contributed by atoms with Crippen molar-refractivity contribution in [1.29, 1.82) is 5.26 Å². The van der Waals surface area contributed by atoms with Crippen molar-refractivity contribution in [3.05, 3.63) is 63.9 Å². The van der Waals surface area contributed by atoms with Crippen LogP contribution in [0.2, 0.25) is 0 Å². The first-order chi connectivity index (χ1) is 15.5. The number of amides is 1. The molecule has 3 N–H and O–H groups in total. The lowest BCUT2D eigenvalue weighted by atomic mass is 10.1. The predicted molar refractivity (Wildman–Crippen MR) is 122 cm³/mol. The zero-order valence-corrected chi connectivity index (χ0v) is 18.2. The van der Waals surface area contributed by atoms with Crippen LogP contribution in [0.25, 0.3) is 21.0 Å². The van der Waals surface area contributed by atoms with E-state index < -0.39 is 0 Å². The summed E-state index contributed by atoms with van der Waals surface area (Å²) in [5.41, 5.74) is 8.41. The van der Waals surface area contributed by atoms with E-state index in [9.17, 15) is 14.4 Å². The van der Waals surface area contributed by atoms with Crippen LogP contribution < -0.4 is 11.1 Å². The Balaban J connectivity index is 1.24. The van der Waals surface area contributed by atoms with E-state index in [0.717, 1.165) is 15.3 Å². The topological polar surface area (TPSA) is 114 Å². The zero-order chi connectivity index (χ0) is 22.2. The number of fused-ring (bicyclic) bond motifs is 3. The van der Waals surface area contributed by atoms with Crippen LogP contribution in [-0.4, -0.2) is 31.6 Å². The first kappa shape index (κ1) is 20.2. The number of benzene rings is 1. The number of nitrogens with one attached hydrogen (secondary N) is 1. The number of aromatic nitrogens is 4. The van der Waals surface area contributed by atoms with E-state index in [0.29, 0.717) is 41.2 Å². The monoisotopic (exact) mass is 465 g/mol. The fourth-order valence-electron chi connectivity index (χ4n) is 3.46. The number of aryl methyl sites for hydroxylation is 1. The van der Waals surface area contributed by atoms with Crippen molar-refractivity contribution in [2.75, 3.05) is 12.3 Å². The standard InChI is InChI=1S/C21H16FN7OS2/c22-12-3-5-13(6-4-12)29-18(24)14(11-23)15(27-29)2-1-7-25-19(30)17-10-16-20(32-17)26-21-28(16)8-9-31-21/h3-6,8-10H,1-2,7,24H2,(H,25,30). The van der Waals surface area contributed by atoms with Gasteiger partial charge in [0.25, 0.3) is 5.91 Å². The number of nitrogen functional groups attached to an aromatic ring is 1. The summed E-state index contributed by atoms with van der Waals surface area (Å²) in [7, 11) is 0. The average Bonchev–Trinajstić information content (AvgIpc) is 3.53. The molecule has 0 aliphatic rings. The quantitative estimate of drug-likeness (QED) is 0.371. The number of nitriles is 1. The molecule has 0 radical (unpaired) electrons. The molecule has 0 aliphatic carbocycles.